The van der Waals surface area contributed by atoms with Crippen molar-refractivity contribution in [3.05, 3.63) is 60.0 Å². The number of nitrogens with zero attached hydrogens (tertiary/aromatic N) is 1. The quantitative estimate of drug-likeness (QED) is 0.659. The zero-order chi connectivity index (χ0) is 19.7. The number of nitrogens with one attached hydrogen (secondary N) is 2. The molecule has 2 N–H and O–H groups in total. The van der Waals surface area contributed by atoms with Gasteiger partial charge in [0.25, 0.3) is 0 Å². The minimum Gasteiger partial charge on any atom is -0.440 e. The highest BCUT2D eigenvalue weighted by Gasteiger charge is 2.29. The minimum absolute atomic E-state index is 0.183. The largest absolute Gasteiger partial charge is 0.440 e. The highest BCUT2D eigenvalue weighted by atomic mass is 32.2. The number of carbonyl (C=O) groups is 1. The Morgan fingerprint density at radius 3 is 2.64 bits per heavy atom. The smallest absolute Gasteiger partial charge is 0.319 e. The van der Waals surface area contributed by atoms with E-state index in [0.717, 1.165) is 30.6 Å². The maximum absolute atomic E-state index is 12.5. The van der Waals surface area contributed by atoms with Crippen LogP contribution in [0.3, 0.4) is 0 Å². The number of rotatable bonds is 6. The molecule has 3 aromatic rings. The first kappa shape index (κ1) is 18.5. The van der Waals surface area contributed by atoms with Crippen molar-refractivity contribution >= 4 is 32.7 Å². The Balaban J connectivity index is 1.49. The third-order valence-electron chi connectivity index (χ3n) is 4.57. The number of carbonyl (C=O) groups excluding carboxylic acids is 1. The van der Waals surface area contributed by atoms with Gasteiger partial charge in [-0.2, -0.15) is 0 Å². The van der Waals surface area contributed by atoms with E-state index in [-0.39, 0.29) is 5.75 Å². The summed E-state index contributed by atoms with van der Waals surface area (Å²) in [5.74, 6) is 0.973. The number of benzene rings is 2. The molecule has 1 aliphatic carbocycles. The van der Waals surface area contributed by atoms with Gasteiger partial charge >= 0.3 is 6.03 Å². The van der Waals surface area contributed by atoms with Gasteiger partial charge in [-0.15, -0.1) is 0 Å². The number of aromatic nitrogens is 1. The number of sulfone groups is 1. The first-order valence-corrected chi connectivity index (χ1v) is 11.1. The fourth-order valence-corrected chi connectivity index (χ4v) is 3.94. The molecule has 8 heteroatoms. The van der Waals surface area contributed by atoms with Crippen LogP contribution >= 0.6 is 0 Å². The highest BCUT2D eigenvalue weighted by Crippen LogP contribution is 2.40. The van der Waals surface area contributed by atoms with Crippen LogP contribution < -0.4 is 10.6 Å². The number of hydrogen-bond acceptors (Lipinski definition) is 5. The molecule has 0 saturated heterocycles. The molecular weight excluding hydrogens is 378 g/mol. The average Bonchev–Trinajstić information content (AvgIpc) is 3.40. The van der Waals surface area contributed by atoms with E-state index >= 15 is 0 Å². The molecule has 2 aromatic carbocycles. The topological polar surface area (TPSA) is 101 Å². The number of fused-ring (bicyclic) bond motifs is 1. The van der Waals surface area contributed by atoms with Gasteiger partial charge in [0.2, 0.25) is 0 Å². The number of anilines is 1. The first-order chi connectivity index (χ1) is 13.4. The predicted molar refractivity (Wildman–Crippen MR) is 107 cm³/mol. The van der Waals surface area contributed by atoms with Gasteiger partial charge in [0.05, 0.1) is 11.8 Å². The van der Waals surface area contributed by atoms with E-state index in [9.17, 15) is 13.2 Å². The second-order valence-electron chi connectivity index (χ2n) is 7.16. The van der Waals surface area contributed by atoms with Crippen LogP contribution in [0.1, 0.15) is 36.3 Å². The van der Waals surface area contributed by atoms with Gasteiger partial charge in [-0.05, 0) is 36.6 Å². The first-order valence-electron chi connectivity index (χ1n) is 9.08. The molecule has 1 fully saturated rings. The molecule has 2 amide bonds. The third kappa shape index (κ3) is 4.51. The number of urea groups is 1. The Bertz CT molecular complexity index is 1100. The van der Waals surface area contributed by atoms with Crippen LogP contribution in [0.15, 0.2) is 52.9 Å². The van der Waals surface area contributed by atoms with Gasteiger partial charge in [0.15, 0.2) is 11.5 Å². The lowest BCUT2D eigenvalue weighted by molar-refractivity contribution is 0.249. The SMILES string of the molecule is CS(=O)(=O)CC(NC(=O)Nc1ccc2oc(C3CC3)nc2c1)c1ccccc1. The maximum atomic E-state index is 12.5. The van der Waals surface area contributed by atoms with E-state index in [1.54, 1.807) is 42.5 Å². The summed E-state index contributed by atoms with van der Waals surface area (Å²) >= 11 is 0. The van der Waals surface area contributed by atoms with Gasteiger partial charge in [-0.1, -0.05) is 30.3 Å². The van der Waals surface area contributed by atoms with Crippen molar-refractivity contribution in [3.8, 4) is 0 Å². The second kappa shape index (κ2) is 7.27. The lowest BCUT2D eigenvalue weighted by Gasteiger charge is -2.19. The molecule has 1 atom stereocenters. The summed E-state index contributed by atoms with van der Waals surface area (Å²) in [5.41, 5.74) is 2.67. The summed E-state index contributed by atoms with van der Waals surface area (Å²) in [6.45, 7) is 0. The van der Waals surface area contributed by atoms with Crippen LogP contribution in [-0.4, -0.2) is 31.4 Å². The molecule has 1 unspecified atom stereocenters. The molecule has 4 rings (SSSR count). The molecule has 0 spiro atoms. The molecule has 28 heavy (non-hydrogen) atoms. The molecule has 0 radical (unpaired) electrons. The van der Waals surface area contributed by atoms with Crippen LogP contribution in [0.4, 0.5) is 10.5 Å². The van der Waals surface area contributed by atoms with Gasteiger partial charge in [0, 0.05) is 17.9 Å². The molecule has 146 valence electrons. The Labute approximate surface area is 163 Å². The highest BCUT2D eigenvalue weighted by molar-refractivity contribution is 7.90. The number of oxazole rings is 1. The number of amides is 2. The fraction of sp³-hybridized carbons (Fsp3) is 0.300. The molecule has 1 aliphatic rings. The Hall–Kier alpha value is -2.87. The molecule has 0 aliphatic heterocycles. The Morgan fingerprint density at radius 1 is 1.21 bits per heavy atom. The van der Waals surface area contributed by atoms with Crippen LogP contribution in [0.2, 0.25) is 0 Å². The normalized spacial score (nSPS) is 15.3. The maximum Gasteiger partial charge on any atom is 0.319 e. The van der Waals surface area contributed by atoms with Crippen molar-refractivity contribution in [2.45, 2.75) is 24.8 Å². The van der Waals surface area contributed by atoms with E-state index in [2.05, 4.69) is 15.6 Å². The van der Waals surface area contributed by atoms with Crippen molar-refractivity contribution in [3.63, 3.8) is 0 Å². The van der Waals surface area contributed by atoms with Crippen LogP contribution in [0, 0.1) is 0 Å². The third-order valence-corrected chi connectivity index (χ3v) is 5.50. The van der Waals surface area contributed by atoms with E-state index in [1.807, 2.05) is 6.07 Å². The summed E-state index contributed by atoms with van der Waals surface area (Å²) in [7, 11) is -3.28. The van der Waals surface area contributed by atoms with E-state index in [4.69, 9.17) is 4.42 Å². The predicted octanol–water partition coefficient (Wildman–Crippen LogP) is 3.61. The van der Waals surface area contributed by atoms with Gasteiger partial charge in [-0.3, -0.25) is 0 Å². The van der Waals surface area contributed by atoms with E-state index in [0.29, 0.717) is 22.7 Å². The zero-order valence-corrected chi connectivity index (χ0v) is 16.2. The monoisotopic (exact) mass is 399 g/mol. The van der Waals surface area contributed by atoms with Crippen molar-refractivity contribution in [2.24, 2.45) is 0 Å². The van der Waals surface area contributed by atoms with Crippen molar-refractivity contribution in [1.29, 1.82) is 0 Å². The van der Waals surface area contributed by atoms with Gasteiger partial charge < -0.3 is 15.1 Å². The average molecular weight is 399 g/mol. The van der Waals surface area contributed by atoms with Crippen LogP contribution in [-0.2, 0) is 9.84 Å². The molecule has 7 nitrogen and oxygen atoms in total. The molecule has 1 heterocycles. The lowest BCUT2D eigenvalue weighted by Crippen LogP contribution is -2.36. The Kier molecular flexibility index (Phi) is 4.80. The Morgan fingerprint density at radius 2 is 1.96 bits per heavy atom. The van der Waals surface area contributed by atoms with E-state index < -0.39 is 21.9 Å². The van der Waals surface area contributed by atoms with E-state index in [1.165, 1.54) is 0 Å². The summed E-state index contributed by atoms with van der Waals surface area (Å²) in [4.78, 5) is 17.0. The van der Waals surface area contributed by atoms with Crippen LogP contribution in [0.25, 0.3) is 11.1 Å². The summed E-state index contributed by atoms with van der Waals surface area (Å²) in [6, 6.07) is 13.2. The summed E-state index contributed by atoms with van der Waals surface area (Å²) in [6.07, 6.45) is 3.35. The lowest BCUT2D eigenvalue weighted by atomic mass is 10.1. The van der Waals surface area contributed by atoms with Crippen molar-refractivity contribution in [1.82, 2.24) is 10.3 Å². The minimum atomic E-state index is -3.28. The number of hydrogen-bond donors (Lipinski definition) is 2. The fourth-order valence-electron chi connectivity index (χ4n) is 3.06. The molecule has 1 aromatic heterocycles. The molecule has 1 saturated carbocycles. The van der Waals surface area contributed by atoms with Gasteiger partial charge in [0.1, 0.15) is 15.4 Å². The zero-order valence-electron chi connectivity index (χ0n) is 15.4. The van der Waals surface area contributed by atoms with Gasteiger partial charge in [-0.25, -0.2) is 18.2 Å². The molecular formula is C20H21N3O4S. The standard InChI is InChI=1S/C20H21N3O4S/c1-28(25,26)12-17(13-5-3-2-4-6-13)23-20(24)21-15-9-10-18-16(11-15)22-19(27-18)14-7-8-14/h2-6,9-11,14,17H,7-8,12H2,1H3,(H2,21,23,24). The summed E-state index contributed by atoms with van der Waals surface area (Å²) < 4.78 is 29.3. The molecule has 0 bridgehead atoms. The van der Waals surface area contributed by atoms with Crippen molar-refractivity contribution in [2.75, 3.05) is 17.3 Å². The second-order valence-corrected chi connectivity index (χ2v) is 9.35. The summed E-state index contributed by atoms with van der Waals surface area (Å²) in [5, 5.41) is 5.49. The van der Waals surface area contributed by atoms with Crippen LogP contribution in [0.5, 0.6) is 0 Å². The van der Waals surface area contributed by atoms with Crippen molar-refractivity contribution < 1.29 is 17.6 Å².